The van der Waals surface area contributed by atoms with Crippen LogP contribution in [-0.2, 0) is 0 Å². The van der Waals surface area contributed by atoms with Gasteiger partial charge in [-0.2, -0.15) is 5.10 Å². The minimum Gasteiger partial charge on any atom is -0.504 e. The van der Waals surface area contributed by atoms with Crippen molar-refractivity contribution in [2.24, 2.45) is 5.10 Å². The van der Waals surface area contributed by atoms with Crippen LogP contribution in [0.5, 0.6) is 11.5 Å². The first-order valence-corrected chi connectivity index (χ1v) is 8.64. The summed E-state index contributed by atoms with van der Waals surface area (Å²) in [4.78, 5) is 4.57. The number of methoxy groups -OCH3 is 1. The van der Waals surface area contributed by atoms with Crippen LogP contribution in [0.1, 0.15) is 16.7 Å². The maximum absolute atomic E-state index is 9.77. The lowest BCUT2D eigenvalue weighted by atomic mass is 10.0. The Kier molecular flexibility index (Phi) is 5.00. The van der Waals surface area contributed by atoms with E-state index in [9.17, 15) is 5.11 Å². The molecule has 0 bridgehead atoms. The van der Waals surface area contributed by atoms with Crippen molar-refractivity contribution in [2.45, 2.75) is 13.8 Å². The number of nitrogens with one attached hydrogen (secondary N) is 1. The third-order valence-electron chi connectivity index (χ3n) is 3.74. The number of benzene rings is 2. The molecule has 25 heavy (non-hydrogen) atoms. The van der Waals surface area contributed by atoms with Gasteiger partial charge in [-0.15, -0.1) is 11.3 Å². The van der Waals surface area contributed by atoms with Crippen LogP contribution >= 0.6 is 11.3 Å². The number of rotatable bonds is 5. The summed E-state index contributed by atoms with van der Waals surface area (Å²) in [5, 5.41) is 16.7. The molecule has 3 rings (SSSR count). The average molecular weight is 353 g/mol. The van der Waals surface area contributed by atoms with Gasteiger partial charge in [0, 0.05) is 10.9 Å². The van der Waals surface area contributed by atoms with Crippen molar-refractivity contribution in [1.29, 1.82) is 0 Å². The zero-order chi connectivity index (χ0) is 17.8. The van der Waals surface area contributed by atoms with E-state index in [2.05, 4.69) is 47.6 Å². The van der Waals surface area contributed by atoms with Gasteiger partial charge in [-0.05, 0) is 43.2 Å². The van der Waals surface area contributed by atoms with E-state index in [1.54, 1.807) is 18.3 Å². The summed E-state index contributed by atoms with van der Waals surface area (Å²) in [5.74, 6) is 0.515. The van der Waals surface area contributed by atoms with Gasteiger partial charge in [0.05, 0.1) is 19.0 Å². The Hall–Kier alpha value is -2.86. The summed E-state index contributed by atoms with van der Waals surface area (Å²) in [6.07, 6.45) is 1.62. The number of anilines is 1. The fourth-order valence-corrected chi connectivity index (χ4v) is 3.16. The molecule has 3 aromatic rings. The summed E-state index contributed by atoms with van der Waals surface area (Å²) in [6, 6.07) is 11.4. The molecule has 0 saturated carbocycles. The monoisotopic (exact) mass is 353 g/mol. The predicted molar refractivity (Wildman–Crippen MR) is 103 cm³/mol. The Morgan fingerprint density at radius 2 is 2.04 bits per heavy atom. The number of aromatic hydroxyl groups is 1. The van der Waals surface area contributed by atoms with Gasteiger partial charge in [-0.25, -0.2) is 4.98 Å². The zero-order valence-electron chi connectivity index (χ0n) is 14.3. The van der Waals surface area contributed by atoms with Crippen molar-refractivity contribution < 1.29 is 9.84 Å². The lowest BCUT2D eigenvalue weighted by Crippen LogP contribution is -1.91. The summed E-state index contributed by atoms with van der Waals surface area (Å²) >= 11 is 1.50. The van der Waals surface area contributed by atoms with E-state index in [-0.39, 0.29) is 5.75 Å². The molecule has 0 atom stereocenters. The van der Waals surface area contributed by atoms with E-state index in [1.807, 2.05) is 11.4 Å². The molecule has 0 unspecified atom stereocenters. The normalized spacial score (nSPS) is 11.0. The zero-order valence-corrected chi connectivity index (χ0v) is 15.1. The molecule has 1 heterocycles. The Labute approximate surface area is 150 Å². The smallest absolute Gasteiger partial charge is 0.203 e. The van der Waals surface area contributed by atoms with E-state index >= 15 is 0 Å². The number of aryl methyl sites for hydroxylation is 2. The highest BCUT2D eigenvalue weighted by Crippen LogP contribution is 2.28. The molecule has 5 nitrogen and oxygen atoms in total. The maximum atomic E-state index is 9.77. The number of hydrogen-bond acceptors (Lipinski definition) is 6. The van der Waals surface area contributed by atoms with Crippen molar-refractivity contribution in [3.63, 3.8) is 0 Å². The SMILES string of the molecule is COc1ccc(/C=N\Nc2nc(-c3ccc(C)cc3C)cs2)cc1O. The van der Waals surface area contributed by atoms with Crippen molar-refractivity contribution in [3.05, 3.63) is 58.5 Å². The number of hydrogen-bond donors (Lipinski definition) is 2. The molecular weight excluding hydrogens is 334 g/mol. The molecule has 0 amide bonds. The highest BCUT2D eigenvalue weighted by molar-refractivity contribution is 7.14. The second kappa shape index (κ2) is 7.36. The molecule has 128 valence electrons. The summed E-state index contributed by atoms with van der Waals surface area (Å²) < 4.78 is 5.02. The highest BCUT2D eigenvalue weighted by atomic mass is 32.1. The van der Waals surface area contributed by atoms with Crippen molar-refractivity contribution in [2.75, 3.05) is 12.5 Å². The largest absolute Gasteiger partial charge is 0.504 e. The van der Waals surface area contributed by atoms with Crippen LogP contribution in [0, 0.1) is 13.8 Å². The number of phenolic OH excluding ortho intramolecular Hbond substituents is 1. The van der Waals surface area contributed by atoms with Gasteiger partial charge in [-0.1, -0.05) is 23.8 Å². The summed E-state index contributed by atoms with van der Waals surface area (Å²) in [5.41, 5.74) is 8.18. The first kappa shape index (κ1) is 17.0. The Morgan fingerprint density at radius 1 is 1.20 bits per heavy atom. The van der Waals surface area contributed by atoms with Crippen LogP contribution in [0.15, 0.2) is 46.9 Å². The van der Waals surface area contributed by atoms with Gasteiger partial charge < -0.3 is 9.84 Å². The van der Waals surface area contributed by atoms with Crippen molar-refractivity contribution in [1.82, 2.24) is 4.98 Å². The van der Waals surface area contributed by atoms with E-state index < -0.39 is 0 Å². The molecule has 2 N–H and O–H groups in total. The lowest BCUT2D eigenvalue weighted by molar-refractivity contribution is 0.373. The first-order chi connectivity index (χ1) is 12.1. The number of aromatic nitrogens is 1. The van der Waals surface area contributed by atoms with E-state index in [0.29, 0.717) is 10.9 Å². The fourth-order valence-electron chi connectivity index (χ4n) is 2.50. The minimum absolute atomic E-state index is 0.0813. The predicted octanol–water partition coefficient (Wildman–Crippen LogP) is 4.59. The molecule has 0 saturated heterocycles. The van der Waals surface area contributed by atoms with E-state index in [0.717, 1.165) is 16.8 Å². The third kappa shape index (κ3) is 3.97. The van der Waals surface area contributed by atoms with E-state index in [4.69, 9.17) is 4.74 Å². The molecule has 0 spiro atoms. The van der Waals surface area contributed by atoms with Crippen LogP contribution < -0.4 is 10.2 Å². The quantitative estimate of drug-likeness (QED) is 0.520. The second-order valence-corrected chi connectivity index (χ2v) is 6.52. The fraction of sp³-hybridized carbons (Fsp3) is 0.158. The molecule has 0 aliphatic carbocycles. The second-order valence-electron chi connectivity index (χ2n) is 5.66. The molecule has 0 aliphatic rings. The van der Waals surface area contributed by atoms with Gasteiger partial charge in [-0.3, -0.25) is 5.43 Å². The molecule has 6 heteroatoms. The van der Waals surface area contributed by atoms with Crippen molar-refractivity contribution in [3.8, 4) is 22.8 Å². The highest BCUT2D eigenvalue weighted by Gasteiger charge is 2.07. The van der Waals surface area contributed by atoms with Gasteiger partial charge in [0.1, 0.15) is 0 Å². The maximum Gasteiger partial charge on any atom is 0.203 e. The molecule has 0 radical (unpaired) electrons. The van der Waals surface area contributed by atoms with Gasteiger partial charge in [0.25, 0.3) is 0 Å². The van der Waals surface area contributed by atoms with Crippen molar-refractivity contribution >= 4 is 22.7 Å². The molecule has 0 fully saturated rings. The number of thiazole rings is 1. The summed E-state index contributed by atoms with van der Waals surface area (Å²) in [7, 11) is 1.51. The number of nitrogens with zero attached hydrogens (tertiary/aromatic N) is 2. The Balaban J connectivity index is 1.70. The Morgan fingerprint density at radius 3 is 2.76 bits per heavy atom. The molecule has 2 aromatic carbocycles. The standard InChI is InChI=1S/C19H19N3O2S/c1-12-4-6-15(13(2)8-12)16-11-25-19(21-16)22-20-10-14-5-7-18(24-3)17(23)9-14/h4-11,23H,1-3H3,(H,21,22)/b20-10-. The number of ether oxygens (including phenoxy) is 1. The van der Waals surface area contributed by atoms with Crippen LogP contribution in [0.3, 0.4) is 0 Å². The van der Waals surface area contributed by atoms with Crippen LogP contribution in [0.25, 0.3) is 11.3 Å². The van der Waals surface area contributed by atoms with Gasteiger partial charge >= 0.3 is 0 Å². The summed E-state index contributed by atoms with van der Waals surface area (Å²) in [6.45, 7) is 4.17. The molecule has 0 aliphatic heterocycles. The first-order valence-electron chi connectivity index (χ1n) is 7.76. The lowest BCUT2D eigenvalue weighted by Gasteiger charge is -2.03. The molecule has 1 aromatic heterocycles. The Bertz CT molecular complexity index is 919. The third-order valence-corrected chi connectivity index (χ3v) is 4.49. The number of phenols is 1. The van der Waals surface area contributed by atoms with Crippen LogP contribution in [-0.4, -0.2) is 23.4 Å². The minimum atomic E-state index is 0.0813. The van der Waals surface area contributed by atoms with Gasteiger partial charge in [0.2, 0.25) is 5.13 Å². The topological polar surface area (TPSA) is 66.7 Å². The van der Waals surface area contributed by atoms with Gasteiger partial charge in [0.15, 0.2) is 11.5 Å². The van der Waals surface area contributed by atoms with Crippen LogP contribution in [0.4, 0.5) is 5.13 Å². The molecular formula is C19H19N3O2S. The van der Waals surface area contributed by atoms with Crippen LogP contribution in [0.2, 0.25) is 0 Å². The van der Waals surface area contributed by atoms with E-state index in [1.165, 1.54) is 29.6 Å². The average Bonchev–Trinajstić information content (AvgIpc) is 3.03. The number of hydrazone groups is 1.